The van der Waals surface area contributed by atoms with Crippen molar-refractivity contribution in [2.24, 2.45) is 0 Å². The highest BCUT2D eigenvalue weighted by Crippen LogP contribution is 2.21. The molecule has 0 aromatic carbocycles. The molecule has 0 saturated carbocycles. The predicted octanol–water partition coefficient (Wildman–Crippen LogP) is 1.02. The van der Waals surface area contributed by atoms with Crippen LogP contribution in [0.1, 0.15) is 6.42 Å². The lowest BCUT2D eigenvalue weighted by atomic mass is 10.2. The van der Waals surface area contributed by atoms with Crippen molar-refractivity contribution in [1.82, 2.24) is 4.90 Å². The van der Waals surface area contributed by atoms with Gasteiger partial charge in [0.25, 0.3) is 0 Å². The highest BCUT2D eigenvalue weighted by molar-refractivity contribution is 7.99. The summed E-state index contributed by atoms with van der Waals surface area (Å²) in [5.74, 6) is 1.42. The van der Waals surface area contributed by atoms with Gasteiger partial charge in [-0.1, -0.05) is 0 Å². The molecular weight excluding hydrogens is 174 g/mol. The van der Waals surface area contributed by atoms with E-state index in [0.29, 0.717) is 6.04 Å². The van der Waals surface area contributed by atoms with Crippen LogP contribution >= 0.6 is 11.8 Å². The number of carboxylic acid groups (broad SMARTS) is 1. The van der Waals surface area contributed by atoms with E-state index in [9.17, 15) is 4.79 Å². The largest absolute Gasteiger partial charge is 0.478 e. The molecule has 4 heteroatoms. The average Bonchev–Trinajstić information content (AvgIpc) is 2.51. The standard InChI is InChI=1S/C8H13NO2S/c1-9(4-2-8(10)11)7-3-5-12-6-7/h2,4,7H,3,5-6H2,1H3,(H,10,11). The minimum absolute atomic E-state index is 0.519. The van der Waals surface area contributed by atoms with Crippen molar-refractivity contribution in [3.05, 3.63) is 12.3 Å². The Labute approximate surface area is 76.4 Å². The maximum Gasteiger partial charge on any atom is 0.329 e. The molecule has 0 bridgehead atoms. The molecule has 1 fully saturated rings. The third-order valence-corrected chi connectivity index (χ3v) is 3.08. The molecule has 3 nitrogen and oxygen atoms in total. The Morgan fingerprint density at radius 1 is 1.75 bits per heavy atom. The van der Waals surface area contributed by atoms with Crippen molar-refractivity contribution in [2.45, 2.75) is 12.5 Å². The van der Waals surface area contributed by atoms with E-state index >= 15 is 0 Å². The first-order chi connectivity index (χ1) is 5.70. The van der Waals surface area contributed by atoms with Crippen LogP contribution in [0.5, 0.6) is 0 Å². The number of hydrogen-bond donors (Lipinski definition) is 1. The predicted molar refractivity (Wildman–Crippen MR) is 50.3 cm³/mol. The second kappa shape index (κ2) is 4.40. The van der Waals surface area contributed by atoms with Crippen molar-refractivity contribution in [1.29, 1.82) is 0 Å². The molecule has 0 aromatic rings. The zero-order valence-corrected chi connectivity index (χ0v) is 7.88. The van der Waals surface area contributed by atoms with Gasteiger partial charge in [0.15, 0.2) is 0 Å². The summed E-state index contributed by atoms with van der Waals surface area (Å²) >= 11 is 1.92. The summed E-state index contributed by atoms with van der Waals surface area (Å²) in [5, 5.41) is 8.39. The van der Waals surface area contributed by atoms with E-state index in [1.165, 1.54) is 11.8 Å². The van der Waals surface area contributed by atoms with Gasteiger partial charge in [0.05, 0.1) is 0 Å². The summed E-state index contributed by atoms with van der Waals surface area (Å²) in [6.45, 7) is 0. The van der Waals surface area contributed by atoms with E-state index in [4.69, 9.17) is 5.11 Å². The molecule has 0 aliphatic carbocycles. The number of carbonyl (C=O) groups is 1. The molecule has 1 aliphatic rings. The van der Waals surface area contributed by atoms with Gasteiger partial charge in [-0.25, -0.2) is 4.79 Å². The topological polar surface area (TPSA) is 40.5 Å². The Balaban J connectivity index is 2.36. The Bertz CT molecular complexity index is 187. The van der Waals surface area contributed by atoms with Gasteiger partial charge in [0, 0.05) is 31.1 Å². The highest BCUT2D eigenvalue weighted by atomic mass is 32.2. The summed E-state index contributed by atoms with van der Waals surface area (Å²) in [6, 6.07) is 0.519. The number of thioether (sulfide) groups is 1. The van der Waals surface area contributed by atoms with Crippen LogP contribution in [0.4, 0.5) is 0 Å². The smallest absolute Gasteiger partial charge is 0.329 e. The summed E-state index contributed by atoms with van der Waals surface area (Å²) in [7, 11) is 1.93. The van der Waals surface area contributed by atoms with Crippen LogP contribution in [-0.4, -0.2) is 40.6 Å². The van der Waals surface area contributed by atoms with E-state index in [1.807, 2.05) is 23.7 Å². The molecule has 12 heavy (non-hydrogen) atoms. The van der Waals surface area contributed by atoms with Gasteiger partial charge in [0.1, 0.15) is 0 Å². The highest BCUT2D eigenvalue weighted by Gasteiger charge is 2.17. The molecule has 0 aromatic heterocycles. The summed E-state index contributed by atoms with van der Waals surface area (Å²) in [6.07, 6.45) is 3.98. The van der Waals surface area contributed by atoms with E-state index in [0.717, 1.165) is 12.2 Å². The average molecular weight is 187 g/mol. The fourth-order valence-electron chi connectivity index (χ4n) is 1.15. The molecule has 1 heterocycles. The Morgan fingerprint density at radius 2 is 2.50 bits per heavy atom. The molecule has 0 radical (unpaired) electrons. The molecular formula is C8H13NO2S. The van der Waals surface area contributed by atoms with E-state index in [-0.39, 0.29) is 0 Å². The zero-order chi connectivity index (χ0) is 8.97. The van der Waals surface area contributed by atoms with Gasteiger partial charge in [-0.15, -0.1) is 0 Å². The second-order valence-corrected chi connectivity index (χ2v) is 3.99. The Hall–Kier alpha value is -0.640. The minimum Gasteiger partial charge on any atom is -0.478 e. The van der Waals surface area contributed by atoms with Crippen molar-refractivity contribution in [3.63, 3.8) is 0 Å². The molecule has 1 saturated heterocycles. The number of nitrogens with zero attached hydrogens (tertiary/aromatic N) is 1. The molecule has 1 rings (SSSR count). The zero-order valence-electron chi connectivity index (χ0n) is 7.06. The van der Waals surface area contributed by atoms with Gasteiger partial charge < -0.3 is 10.0 Å². The van der Waals surface area contributed by atoms with Gasteiger partial charge in [-0.3, -0.25) is 0 Å². The van der Waals surface area contributed by atoms with Crippen LogP contribution in [0.3, 0.4) is 0 Å². The second-order valence-electron chi connectivity index (χ2n) is 2.84. The van der Waals surface area contributed by atoms with Crippen molar-refractivity contribution >= 4 is 17.7 Å². The van der Waals surface area contributed by atoms with Crippen LogP contribution in [0.25, 0.3) is 0 Å². The maximum absolute atomic E-state index is 10.2. The van der Waals surface area contributed by atoms with Gasteiger partial charge >= 0.3 is 5.97 Å². The Morgan fingerprint density at radius 3 is 3.00 bits per heavy atom. The molecule has 68 valence electrons. The normalized spacial score (nSPS) is 23.2. The molecule has 0 amide bonds. The monoisotopic (exact) mass is 187 g/mol. The lowest BCUT2D eigenvalue weighted by Gasteiger charge is -2.20. The maximum atomic E-state index is 10.2. The van der Waals surface area contributed by atoms with Crippen LogP contribution < -0.4 is 0 Å². The van der Waals surface area contributed by atoms with Gasteiger partial charge in [-0.05, 0) is 12.2 Å². The molecule has 1 aliphatic heterocycles. The quantitative estimate of drug-likeness (QED) is 0.670. The fourth-order valence-corrected chi connectivity index (χ4v) is 2.43. The van der Waals surface area contributed by atoms with Gasteiger partial charge in [0.2, 0.25) is 0 Å². The third-order valence-electron chi connectivity index (χ3n) is 1.93. The molecule has 1 atom stereocenters. The van der Waals surface area contributed by atoms with Crippen LogP contribution in [0.15, 0.2) is 12.3 Å². The third kappa shape index (κ3) is 2.77. The first-order valence-electron chi connectivity index (χ1n) is 3.91. The van der Waals surface area contributed by atoms with Crippen LogP contribution in [0.2, 0.25) is 0 Å². The lowest BCUT2D eigenvalue weighted by Crippen LogP contribution is -2.26. The number of carboxylic acids is 1. The van der Waals surface area contributed by atoms with Crippen molar-refractivity contribution < 1.29 is 9.90 Å². The molecule has 1 unspecified atom stereocenters. The van der Waals surface area contributed by atoms with E-state index in [2.05, 4.69) is 0 Å². The van der Waals surface area contributed by atoms with E-state index in [1.54, 1.807) is 6.20 Å². The van der Waals surface area contributed by atoms with Crippen molar-refractivity contribution in [3.8, 4) is 0 Å². The first-order valence-corrected chi connectivity index (χ1v) is 5.06. The summed E-state index contributed by atoms with van der Waals surface area (Å²) in [4.78, 5) is 12.2. The minimum atomic E-state index is -0.882. The fraction of sp³-hybridized carbons (Fsp3) is 0.625. The summed E-state index contributed by atoms with van der Waals surface area (Å²) in [5.41, 5.74) is 0. The summed E-state index contributed by atoms with van der Waals surface area (Å²) < 4.78 is 0. The lowest BCUT2D eigenvalue weighted by molar-refractivity contribution is -0.131. The number of aliphatic carboxylic acids is 1. The molecule has 1 N–H and O–H groups in total. The Kier molecular flexibility index (Phi) is 3.47. The SMILES string of the molecule is CN(C=CC(=O)O)C1CCSC1. The number of rotatable bonds is 3. The molecule has 0 spiro atoms. The van der Waals surface area contributed by atoms with E-state index < -0.39 is 5.97 Å². The van der Waals surface area contributed by atoms with Crippen LogP contribution in [-0.2, 0) is 4.79 Å². The van der Waals surface area contributed by atoms with Crippen molar-refractivity contribution in [2.75, 3.05) is 18.6 Å². The number of hydrogen-bond acceptors (Lipinski definition) is 3. The van der Waals surface area contributed by atoms with Crippen LogP contribution in [0, 0.1) is 0 Å². The van der Waals surface area contributed by atoms with Gasteiger partial charge in [-0.2, -0.15) is 11.8 Å². The first kappa shape index (κ1) is 9.45.